The molecule has 0 aliphatic heterocycles. The number of aromatic nitrogens is 4. The molecule has 3 aromatic carbocycles. The third-order valence-electron chi connectivity index (χ3n) is 8.09. The number of rotatable bonds is 3. The molecule has 0 aliphatic carbocycles. The summed E-state index contributed by atoms with van der Waals surface area (Å²) in [5.74, 6) is 0. The van der Waals surface area contributed by atoms with Gasteiger partial charge in [0.15, 0.2) is 0 Å². The van der Waals surface area contributed by atoms with E-state index in [1.165, 1.54) is 22.3 Å². The Morgan fingerprint density at radius 3 is 2.26 bits per heavy atom. The number of furan rings is 1. The molecule has 0 bridgehead atoms. The number of nitrogens with zero attached hydrogens (tertiary/aromatic N) is 4. The van der Waals surface area contributed by atoms with Gasteiger partial charge < -0.3 is 14.4 Å². The second-order valence-corrected chi connectivity index (χ2v) is 11.7. The molecule has 0 unspecified atom stereocenters. The first-order chi connectivity index (χ1) is 22.3. The molecular weight excluding hydrogens is 757 g/mol. The molecular formula is C41H32IrN4O-2. The van der Waals surface area contributed by atoms with Gasteiger partial charge in [0.1, 0.15) is 0 Å². The standard InChI is InChI=1S/C28H20N3O.C13H12N.Ir/c1-16-13-25-20(9-7-17(2)30-25)14-24(16)19-11-12-29-26(15-19)23-6-4-5-21-22-10-8-18(3)31-28(22)32-27(21)23;1-10-3-6-12(7-4-10)13-8-5-11(2)9-14-13;/h4-5,7-15H,1-3H3;3-6,8-9H,1-2H3;/q2*-1;. The minimum Gasteiger partial charge on any atom is -0.486 e. The van der Waals surface area contributed by atoms with Crippen LogP contribution < -0.4 is 0 Å². The van der Waals surface area contributed by atoms with Crippen molar-refractivity contribution in [2.24, 2.45) is 0 Å². The number of hydrogen-bond donors (Lipinski definition) is 0. The molecule has 5 heterocycles. The van der Waals surface area contributed by atoms with Crippen LogP contribution in [0.25, 0.3) is 66.6 Å². The van der Waals surface area contributed by atoms with Crippen molar-refractivity contribution in [2.45, 2.75) is 34.6 Å². The van der Waals surface area contributed by atoms with Gasteiger partial charge in [0.05, 0.1) is 11.1 Å². The third-order valence-corrected chi connectivity index (χ3v) is 8.09. The Kier molecular flexibility index (Phi) is 9.08. The Morgan fingerprint density at radius 1 is 0.660 bits per heavy atom. The Labute approximate surface area is 288 Å². The van der Waals surface area contributed by atoms with E-state index in [9.17, 15) is 0 Å². The molecule has 47 heavy (non-hydrogen) atoms. The van der Waals surface area contributed by atoms with E-state index in [2.05, 4.69) is 88.4 Å². The molecule has 0 fully saturated rings. The molecule has 5 nitrogen and oxygen atoms in total. The quantitative estimate of drug-likeness (QED) is 0.167. The van der Waals surface area contributed by atoms with Crippen LogP contribution in [0.4, 0.5) is 0 Å². The van der Waals surface area contributed by atoms with Crippen molar-refractivity contribution >= 4 is 33.0 Å². The molecule has 0 aliphatic rings. The molecule has 233 valence electrons. The second-order valence-electron chi connectivity index (χ2n) is 11.7. The van der Waals surface area contributed by atoms with Crippen LogP contribution in [0, 0.1) is 46.8 Å². The molecule has 1 radical (unpaired) electrons. The number of pyridine rings is 4. The van der Waals surface area contributed by atoms with Gasteiger partial charge in [-0.2, -0.15) is 0 Å². The Bertz CT molecular complexity index is 2320. The van der Waals surface area contributed by atoms with Crippen LogP contribution in [0.2, 0.25) is 0 Å². The first kappa shape index (κ1) is 31.9. The molecule has 8 aromatic rings. The molecule has 5 aromatic heterocycles. The van der Waals surface area contributed by atoms with Crippen LogP contribution in [0.15, 0.2) is 108 Å². The summed E-state index contributed by atoms with van der Waals surface area (Å²) in [4.78, 5) is 18.2. The molecule has 0 amide bonds. The minimum atomic E-state index is 0. The molecule has 0 saturated carbocycles. The zero-order chi connectivity index (χ0) is 31.8. The van der Waals surface area contributed by atoms with E-state index in [-0.39, 0.29) is 20.1 Å². The average Bonchev–Trinajstić information content (AvgIpc) is 3.43. The van der Waals surface area contributed by atoms with Crippen LogP contribution in [-0.4, -0.2) is 19.9 Å². The van der Waals surface area contributed by atoms with Crippen molar-refractivity contribution in [2.75, 3.05) is 0 Å². The Hall–Kier alpha value is -5.03. The van der Waals surface area contributed by atoms with Gasteiger partial charge in [-0.1, -0.05) is 42.1 Å². The largest absolute Gasteiger partial charge is 0.486 e. The van der Waals surface area contributed by atoms with Gasteiger partial charge in [0.25, 0.3) is 0 Å². The first-order valence-corrected chi connectivity index (χ1v) is 15.3. The zero-order valence-corrected chi connectivity index (χ0v) is 29.2. The predicted octanol–water partition coefficient (Wildman–Crippen LogP) is 10.1. The monoisotopic (exact) mass is 789 g/mol. The summed E-state index contributed by atoms with van der Waals surface area (Å²) in [5.41, 5.74) is 13.9. The zero-order valence-electron chi connectivity index (χ0n) is 26.8. The first-order valence-electron chi connectivity index (χ1n) is 15.3. The van der Waals surface area contributed by atoms with Crippen LogP contribution >= 0.6 is 0 Å². The fraction of sp³-hybridized carbons (Fsp3) is 0.122. The van der Waals surface area contributed by atoms with Gasteiger partial charge in [0.2, 0.25) is 5.71 Å². The molecule has 0 saturated heterocycles. The number of aryl methyl sites for hydroxylation is 5. The summed E-state index contributed by atoms with van der Waals surface area (Å²) in [6, 6.07) is 37.4. The fourth-order valence-corrected chi connectivity index (χ4v) is 5.62. The van der Waals surface area contributed by atoms with Gasteiger partial charge in [-0.15, -0.1) is 53.6 Å². The topological polar surface area (TPSA) is 64.7 Å². The van der Waals surface area contributed by atoms with E-state index in [0.717, 1.165) is 66.7 Å². The summed E-state index contributed by atoms with van der Waals surface area (Å²) >= 11 is 0. The van der Waals surface area contributed by atoms with E-state index in [1.807, 2.05) is 81.7 Å². The fourth-order valence-electron chi connectivity index (χ4n) is 5.62. The second kappa shape index (κ2) is 13.4. The number of fused-ring (bicyclic) bond motifs is 4. The van der Waals surface area contributed by atoms with Crippen molar-refractivity contribution in [3.05, 3.63) is 144 Å². The van der Waals surface area contributed by atoms with Gasteiger partial charge in [-0.25, -0.2) is 4.98 Å². The van der Waals surface area contributed by atoms with Crippen LogP contribution in [-0.2, 0) is 20.1 Å². The van der Waals surface area contributed by atoms with Crippen molar-refractivity contribution in [1.82, 2.24) is 19.9 Å². The van der Waals surface area contributed by atoms with Gasteiger partial charge in [0, 0.05) is 54.7 Å². The maximum absolute atomic E-state index is 6.17. The van der Waals surface area contributed by atoms with Gasteiger partial charge >= 0.3 is 0 Å². The predicted molar refractivity (Wildman–Crippen MR) is 187 cm³/mol. The molecule has 8 rings (SSSR count). The van der Waals surface area contributed by atoms with E-state index < -0.39 is 0 Å². The Balaban J connectivity index is 0.000000217. The SMILES string of the molecule is Cc1c[c-]c(-c2ccc(C)cn2)cc1.Cc1ccc2cc(-c3ccnc(-c4[c-]ccc5c4oc4nc(C)ccc45)c3)c(C)cc2n1.[Ir]. The van der Waals surface area contributed by atoms with Crippen LogP contribution in [0.3, 0.4) is 0 Å². The van der Waals surface area contributed by atoms with E-state index >= 15 is 0 Å². The van der Waals surface area contributed by atoms with Crippen LogP contribution in [0.1, 0.15) is 28.1 Å². The smallest absolute Gasteiger partial charge is 0.216 e. The average molecular weight is 789 g/mol. The molecule has 0 spiro atoms. The minimum absolute atomic E-state index is 0. The maximum Gasteiger partial charge on any atom is 0.216 e. The third kappa shape index (κ3) is 6.62. The Morgan fingerprint density at radius 2 is 1.47 bits per heavy atom. The summed E-state index contributed by atoms with van der Waals surface area (Å²) in [6.45, 7) is 10.2. The summed E-state index contributed by atoms with van der Waals surface area (Å²) in [5, 5.41) is 3.16. The van der Waals surface area contributed by atoms with E-state index in [1.54, 1.807) is 0 Å². The van der Waals surface area contributed by atoms with Crippen molar-refractivity contribution in [3.8, 4) is 33.6 Å². The van der Waals surface area contributed by atoms with Crippen molar-refractivity contribution in [3.63, 3.8) is 0 Å². The van der Waals surface area contributed by atoms with Crippen molar-refractivity contribution < 1.29 is 24.5 Å². The van der Waals surface area contributed by atoms with E-state index in [0.29, 0.717) is 5.71 Å². The van der Waals surface area contributed by atoms with Gasteiger partial charge in [-0.05, 0) is 97.7 Å². The van der Waals surface area contributed by atoms with E-state index in [4.69, 9.17) is 4.42 Å². The van der Waals surface area contributed by atoms with Gasteiger partial charge in [-0.3, -0.25) is 4.98 Å². The summed E-state index contributed by atoms with van der Waals surface area (Å²) in [6.07, 6.45) is 3.72. The molecule has 0 N–H and O–H groups in total. The molecule has 6 heteroatoms. The maximum atomic E-state index is 6.17. The van der Waals surface area contributed by atoms with Crippen molar-refractivity contribution in [1.29, 1.82) is 0 Å². The summed E-state index contributed by atoms with van der Waals surface area (Å²) in [7, 11) is 0. The normalized spacial score (nSPS) is 10.9. The molecule has 0 atom stereocenters. The number of benzene rings is 3. The summed E-state index contributed by atoms with van der Waals surface area (Å²) < 4.78 is 6.17. The van der Waals surface area contributed by atoms with Crippen LogP contribution in [0.5, 0.6) is 0 Å². The number of hydrogen-bond acceptors (Lipinski definition) is 5.